The molecule has 0 spiro atoms. The highest BCUT2D eigenvalue weighted by molar-refractivity contribution is 5.93. The van der Waals surface area contributed by atoms with Crippen LogP contribution in [0.4, 0.5) is 0 Å². The summed E-state index contributed by atoms with van der Waals surface area (Å²) in [4.78, 5) is 17.1. The molecule has 0 saturated carbocycles. The molecule has 0 amide bonds. The monoisotopic (exact) mass is 328 g/mol. The van der Waals surface area contributed by atoms with Gasteiger partial charge in [-0.2, -0.15) is 0 Å². The van der Waals surface area contributed by atoms with Gasteiger partial charge in [0.25, 0.3) is 0 Å². The lowest BCUT2D eigenvalue weighted by Gasteiger charge is -2.66. The van der Waals surface area contributed by atoms with Gasteiger partial charge < -0.3 is 20.4 Å². The predicted molar refractivity (Wildman–Crippen MR) is 82.5 cm³/mol. The average Bonchev–Trinajstić information content (AvgIpc) is 2.49. The Morgan fingerprint density at radius 3 is 2.22 bits per heavy atom. The number of carbonyl (C=O) groups is 1. The van der Waals surface area contributed by atoms with E-state index in [0.29, 0.717) is 32.0 Å². The molecule has 0 radical (unpaired) electrons. The minimum Gasteiger partial charge on any atom is -0.394 e. The quantitative estimate of drug-likeness (QED) is 0.465. The molecular weight excluding hydrogens is 300 g/mol. The highest BCUT2D eigenvalue weighted by atomic mass is 16.4. The smallest absolute Gasteiger partial charge is 0.150 e. The van der Waals surface area contributed by atoms with Gasteiger partial charge in [-0.05, 0) is 6.42 Å². The van der Waals surface area contributed by atoms with E-state index in [2.05, 4.69) is 16.7 Å². The van der Waals surface area contributed by atoms with Gasteiger partial charge in [-0.15, -0.1) is 0 Å². The molecule has 4 heterocycles. The van der Waals surface area contributed by atoms with E-state index in [1.807, 2.05) is 6.92 Å². The molecule has 4 bridgehead atoms. The van der Waals surface area contributed by atoms with Crippen LogP contribution in [-0.4, -0.2) is 93.3 Å². The third-order valence-corrected chi connectivity index (χ3v) is 5.86. The Bertz CT molecular complexity index is 469. The molecule has 7 heteroatoms. The summed E-state index contributed by atoms with van der Waals surface area (Å²) in [5.74, 6) is 0.336. The lowest BCUT2D eigenvalue weighted by Crippen LogP contribution is -2.81. The normalized spacial score (nSPS) is 46.0. The first kappa shape index (κ1) is 17.3. The molecule has 0 aliphatic carbocycles. The van der Waals surface area contributed by atoms with E-state index >= 15 is 0 Å². The van der Waals surface area contributed by atoms with E-state index in [1.54, 1.807) is 0 Å². The molecule has 4 N–H and O–H groups in total. The van der Waals surface area contributed by atoms with Crippen molar-refractivity contribution in [1.82, 2.24) is 9.80 Å². The van der Waals surface area contributed by atoms with Crippen molar-refractivity contribution >= 4 is 5.78 Å². The summed E-state index contributed by atoms with van der Waals surface area (Å²) in [5.41, 5.74) is -0.806. The van der Waals surface area contributed by atoms with Crippen LogP contribution in [0.15, 0.2) is 0 Å². The van der Waals surface area contributed by atoms with Gasteiger partial charge in [-0.3, -0.25) is 14.6 Å². The van der Waals surface area contributed by atoms with Crippen molar-refractivity contribution in [2.45, 2.75) is 51.2 Å². The Labute approximate surface area is 136 Å². The van der Waals surface area contributed by atoms with Crippen LogP contribution in [0.1, 0.15) is 26.7 Å². The molecule has 23 heavy (non-hydrogen) atoms. The van der Waals surface area contributed by atoms with E-state index in [4.69, 9.17) is 5.11 Å². The fraction of sp³-hybridized carbons (Fsp3) is 0.938. The van der Waals surface area contributed by atoms with E-state index < -0.39 is 36.5 Å². The van der Waals surface area contributed by atoms with Crippen LogP contribution in [-0.2, 0) is 4.79 Å². The third kappa shape index (κ3) is 2.45. The van der Waals surface area contributed by atoms with Crippen molar-refractivity contribution in [3.05, 3.63) is 0 Å². The number of piperidine rings is 2. The molecule has 7 nitrogen and oxygen atoms in total. The second-order valence-electron chi connectivity index (χ2n) is 7.87. The molecular formula is C16H28N2O5. The summed E-state index contributed by atoms with van der Waals surface area (Å²) < 4.78 is 0. The number of Topliss-reactive ketones (excluding diaryl/α,β-unsaturated/α-hetero) is 1. The van der Waals surface area contributed by atoms with E-state index in [9.17, 15) is 20.1 Å². The molecule has 4 aliphatic rings. The molecule has 4 saturated heterocycles. The van der Waals surface area contributed by atoms with Crippen LogP contribution >= 0.6 is 0 Å². The summed E-state index contributed by atoms with van der Waals surface area (Å²) in [6.45, 7) is 5.78. The summed E-state index contributed by atoms with van der Waals surface area (Å²) in [6, 6.07) is 0. The number of carbonyl (C=O) groups excluding carboxylic acids is 1. The highest BCUT2D eigenvalue weighted by Gasteiger charge is 2.64. The molecule has 0 aromatic heterocycles. The van der Waals surface area contributed by atoms with E-state index in [-0.39, 0.29) is 5.41 Å². The van der Waals surface area contributed by atoms with Gasteiger partial charge in [-0.25, -0.2) is 0 Å². The molecule has 132 valence electrons. The number of hydrogen-bond acceptors (Lipinski definition) is 7. The minimum atomic E-state index is -1.41. The van der Waals surface area contributed by atoms with Crippen LogP contribution in [0.25, 0.3) is 0 Å². The molecule has 2 unspecified atom stereocenters. The highest BCUT2D eigenvalue weighted by Crippen LogP contribution is 2.50. The van der Waals surface area contributed by atoms with Gasteiger partial charge in [0.1, 0.15) is 24.1 Å². The van der Waals surface area contributed by atoms with Crippen molar-refractivity contribution in [3.8, 4) is 0 Å². The second-order valence-corrected chi connectivity index (χ2v) is 7.87. The number of aliphatic hydroxyl groups is 4. The standard InChI is InChI=1S/C16H28N2O5/c1-3-4-16-8-17-6-15(2,14(16)23)7-18(9-16)13(17)12(22)11(21)10(20)5-19/h10-13,19-22H,3-9H2,1-2H3/t10-,11+,12+,13?,15?,16?/m0/s1. The summed E-state index contributed by atoms with van der Waals surface area (Å²) >= 11 is 0. The Morgan fingerprint density at radius 2 is 1.74 bits per heavy atom. The maximum atomic E-state index is 12.9. The van der Waals surface area contributed by atoms with Gasteiger partial charge in [0.2, 0.25) is 0 Å². The Kier molecular flexibility index (Phi) is 4.32. The zero-order valence-electron chi connectivity index (χ0n) is 13.9. The number of nitrogens with zero attached hydrogens (tertiary/aromatic N) is 2. The zero-order valence-corrected chi connectivity index (χ0v) is 13.9. The molecule has 4 rings (SSSR count). The predicted octanol–water partition coefficient (Wildman–Crippen LogP) is -1.61. The largest absolute Gasteiger partial charge is 0.394 e. The fourth-order valence-corrected chi connectivity index (χ4v) is 5.11. The Balaban J connectivity index is 1.86. The first-order valence-corrected chi connectivity index (χ1v) is 8.46. The zero-order chi connectivity index (χ0) is 17.0. The van der Waals surface area contributed by atoms with Gasteiger partial charge in [0, 0.05) is 26.2 Å². The van der Waals surface area contributed by atoms with Crippen LogP contribution in [0.2, 0.25) is 0 Å². The lowest BCUT2D eigenvalue weighted by atomic mass is 9.59. The number of aliphatic hydroxyl groups excluding tert-OH is 4. The first-order chi connectivity index (χ1) is 10.8. The average molecular weight is 328 g/mol. The van der Waals surface area contributed by atoms with Gasteiger partial charge >= 0.3 is 0 Å². The van der Waals surface area contributed by atoms with Crippen LogP contribution in [0.5, 0.6) is 0 Å². The molecule has 0 aromatic carbocycles. The van der Waals surface area contributed by atoms with Crippen molar-refractivity contribution in [3.63, 3.8) is 0 Å². The summed E-state index contributed by atoms with van der Waals surface area (Å²) in [5, 5.41) is 39.2. The topological polar surface area (TPSA) is 104 Å². The Hall–Kier alpha value is -0.570. The van der Waals surface area contributed by atoms with Crippen LogP contribution < -0.4 is 0 Å². The maximum absolute atomic E-state index is 12.9. The molecule has 4 aliphatic heterocycles. The summed E-state index contributed by atoms with van der Waals surface area (Å²) in [6.07, 6.45) is -2.62. The Morgan fingerprint density at radius 1 is 1.17 bits per heavy atom. The van der Waals surface area contributed by atoms with Crippen LogP contribution in [0, 0.1) is 10.8 Å². The fourth-order valence-electron chi connectivity index (χ4n) is 5.11. The number of rotatable bonds is 6. The first-order valence-electron chi connectivity index (χ1n) is 8.46. The number of ketones is 1. The van der Waals surface area contributed by atoms with E-state index in [1.165, 1.54) is 0 Å². The van der Waals surface area contributed by atoms with Gasteiger partial charge in [-0.1, -0.05) is 20.3 Å². The molecule has 4 fully saturated rings. The van der Waals surface area contributed by atoms with Gasteiger partial charge in [0.15, 0.2) is 0 Å². The lowest BCUT2D eigenvalue weighted by molar-refractivity contribution is -0.229. The maximum Gasteiger partial charge on any atom is 0.150 e. The SMILES string of the molecule is CCCC12CN3CC(C)(CN(C1)C3[C@H](O)[C@H](O)[C@@H](O)CO)C2=O. The molecule has 0 aromatic rings. The molecule has 5 atom stereocenters. The second kappa shape index (κ2) is 5.75. The van der Waals surface area contributed by atoms with E-state index in [0.717, 1.165) is 12.8 Å². The van der Waals surface area contributed by atoms with Crippen molar-refractivity contribution < 1.29 is 25.2 Å². The van der Waals surface area contributed by atoms with Crippen molar-refractivity contribution in [1.29, 1.82) is 0 Å². The van der Waals surface area contributed by atoms with Gasteiger partial charge in [0.05, 0.1) is 23.6 Å². The van der Waals surface area contributed by atoms with Crippen LogP contribution in [0.3, 0.4) is 0 Å². The minimum absolute atomic E-state index is 0.336. The number of hydrogen-bond donors (Lipinski definition) is 4. The van der Waals surface area contributed by atoms with Crippen molar-refractivity contribution in [2.24, 2.45) is 10.8 Å². The van der Waals surface area contributed by atoms with Crippen molar-refractivity contribution in [2.75, 3.05) is 32.8 Å². The third-order valence-electron chi connectivity index (χ3n) is 5.86. The summed E-state index contributed by atoms with van der Waals surface area (Å²) in [7, 11) is 0.